The molecular weight excluding hydrogens is 227 g/mol. The molecule has 0 fully saturated rings. The molecule has 0 aliphatic rings. The van der Waals surface area contributed by atoms with E-state index in [0.29, 0.717) is 0 Å². The lowest BCUT2D eigenvalue weighted by molar-refractivity contribution is 0.631. The van der Waals surface area contributed by atoms with Crippen LogP contribution in [-0.4, -0.2) is 17.7 Å². The van der Waals surface area contributed by atoms with E-state index in [9.17, 15) is 4.39 Å². The number of aromatic nitrogens is 1. The second-order valence-electron chi connectivity index (χ2n) is 4.72. The first kappa shape index (κ1) is 13.1. The Morgan fingerprint density at radius 1 is 1.33 bits per heavy atom. The molecule has 0 amide bonds. The average molecular weight is 248 g/mol. The molecule has 0 bridgehead atoms. The van der Waals surface area contributed by atoms with E-state index in [2.05, 4.69) is 19.2 Å². The Morgan fingerprint density at radius 3 is 2.83 bits per heavy atom. The van der Waals surface area contributed by atoms with Crippen LogP contribution in [0.3, 0.4) is 0 Å². The summed E-state index contributed by atoms with van der Waals surface area (Å²) in [5, 5.41) is 4.38. The largest absolute Gasteiger partial charge is 0.345 e. The number of aryl methyl sites for hydroxylation is 2. The normalized spacial score (nSPS) is 11.3. The van der Waals surface area contributed by atoms with Crippen LogP contribution in [0, 0.1) is 12.7 Å². The van der Waals surface area contributed by atoms with Crippen LogP contribution in [0.2, 0.25) is 0 Å². The summed E-state index contributed by atoms with van der Waals surface area (Å²) in [6, 6.07) is 5.35. The molecule has 1 heterocycles. The molecule has 0 saturated carbocycles. The molecule has 0 radical (unpaired) electrons. The number of nitrogens with one attached hydrogen (secondary N) is 1. The first-order valence-electron chi connectivity index (χ1n) is 6.60. The summed E-state index contributed by atoms with van der Waals surface area (Å²) in [6.45, 7) is 6.20. The molecule has 0 atom stereocenters. The Bertz CT molecular complexity index is 543. The molecule has 18 heavy (non-hydrogen) atoms. The monoisotopic (exact) mass is 248 g/mol. The summed E-state index contributed by atoms with van der Waals surface area (Å²) in [6.07, 6.45) is 2.09. The highest BCUT2D eigenvalue weighted by Gasteiger charge is 2.14. The molecule has 1 aromatic carbocycles. The van der Waals surface area contributed by atoms with Crippen molar-refractivity contribution in [2.45, 2.75) is 26.7 Å². The maximum Gasteiger partial charge on any atom is 0.147 e. The van der Waals surface area contributed by atoms with Crippen molar-refractivity contribution in [1.82, 2.24) is 9.88 Å². The fourth-order valence-electron chi connectivity index (χ4n) is 2.55. The van der Waals surface area contributed by atoms with E-state index in [1.54, 1.807) is 6.07 Å². The summed E-state index contributed by atoms with van der Waals surface area (Å²) in [7, 11) is 1.94. The number of benzene rings is 1. The highest BCUT2D eigenvalue weighted by molar-refractivity contribution is 5.86. The Kier molecular flexibility index (Phi) is 4.02. The SMILES string of the molecule is CCNCCCc1c(C)n(C)c2c(F)cccc12. The van der Waals surface area contributed by atoms with Gasteiger partial charge in [-0.25, -0.2) is 4.39 Å². The maximum absolute atomic E-state index is 13.9. The summed E-state index contributed by atoms with van der Waals surface area (Å²) in [5.41, 5.74) is 3.19. The van der Waals surface area contributed by atoms with Crippen molar-refractivity contribution in [3.05, 3.63) is 35.3 Å². The van der Waals surface area contributed by atoms with Crippen molar-refractivity contribution in [3.8, 4) is 0 Å². The summed E-state index contributed by atoms with van der Waals surface area (Å²) in [5.74, 6) is -0.129. The smallest absolute Gasteiger partial charge is 0.147 e. The Balaban J connectivity index is 2.32. The van der Waals surface area contributed by atoms with Crippen LogP contribution in [0.5, 0.6) is 0 Å². The van der Waals surface area contributed by atoms with Crippen molar-refractivity contribution in [2.24, 2.45) is 7.05 Å². The van der Waals surface area contributed by atoms with Gasteiger partial charge in [0.25, 0.3) is 0 Å². The number of hydrogen-bond acceptors (Lipinski definition) is 1. The molecule has 0 aliphatic heterocycles. The van der Waals surface area contributed by atoms with Crippen LogP contribution in [0.25, 0.3) is 10.9 Å². The number of rotatable bonds is 5. The van der Waals surface area contributed by atoms with Gasteiger partial charge in [-0.2, -0.15) is 0 Å². The summed E-state index contributed by atoms with van der Waals surface area (Å²) >= 11 is 0. The standard InChI is InChI=1S/C15H21FN2/c1-4-17-10-6-8-12-11(2)18(3)15-13(12)7-5-9-14(15)16/h5,7,9,17H,4,6,8,10H2,1-3H3. The third-order valence-electron chi connectivity index (χ3n) is 3.62. The molecule has 2 nitrogen and oxygen atoms in total. The van der Waals surface area contributed by atoms with Crippen LogP contribution in [0.4, 0.5) is 4.39 Å². The second kappa shape index (κ2) is 5.53. The van der Waals surface area contributed by atoms with Crippen LogP contribution in [-0.2, 0) is 13.5 Å². The van der Waals surface area contributed by atoms with Gasteiger partial charge in [0, 0.05) is 18.1 Å². The lowest BCUT2D eigenvalue weighted by Gasteiger charge is -2.03. The molecule has 0 spiro atoms. The fourth-order valence-corrected chi connectivity index (χ4v) is 2.55. The minimum Gasteiger partial charge on any atom is -0.345 e. The molecule has 98 valence electrons. The van der Waals surface area contributed by atoms with Crippen molar-refractivity contribution < 1.29 is 4.39 Å². The molecule has 0 saturated heterocycles. The van der Waals surface area contributed by atoms with Crippen molar-refractivity contribution >= 4 is 10.9 Å². The lowest BCUT2D eigenvalue weighted by atomic mass is 10.1. The molecule has 2 rings (SSSR count). The van der Waals surface area contributed by atoms with Gasteiger partial charge < -0.3 is 9.88 Å². The zero-order chi connectivity index (χ0) is 13.1. The molecule has 3 heteroatoms. The molecule has 0 unspecified atom stereocenters. The Labute approximate surface area is 108 Å². The fraction of sp³-hybridized carbons (Fsp3) is 0.467. The van der Waals surface area contributed by atoms with Crippen LogP contribution >= 0.6 is 0 Å². The quantitative estimate of drug-likeness (QED) is 0.804. The third-order valence-corrected chi connectivity index (χ3v) is 3.62. The number of halogens is 1. The third kappa shape index (κ3) is 2.27. The van der Waals surface area contributed by atoms with Gasteiger partial charge in [-0.3, -0.25) is 0 Å². The number of fused-ring (bicyclic) bond motifs is 1. The van der Waals surface area contributed by atoms with Crippen molar-refractivity contribution in [2.75, 3.05) is 13.1 Å². The molecule has 1 N–H and O–H groups in total. The summed E-state index contributed by atoms with van der Waals surface area (Å²) in [4.78, 5) is 0. The predicted molar refractivity (Wildman–Crippen MR) is 74.5 cm³/mol. The zero-order valence-electron chi connectivity index (χ0n) is 11.4. The number of nitrogens with zero attached hydrogens (tertiary/aromatic N) is 1. The van der Waals surface area contributed by atoms with Crippen LogP contribution < -0.4 is 5.32 Å². The number of hydrogen-bond donors (Lipinski definition) is 1. The highest BCUT2D eigenvalue weighted by atomic mass is 19.1. The Morgan fingerprint density at radius 2 is 2.11 bits per heavy atom. The number of para-hydroxylation sites is 1. The molecule has 2 aromatic rings. The van der Waals surface area contributed by atoms with E-state index in [1.165, 1.54) is 17.3 Å². The van der Waals surface area contributed by atoms with E-state index < -0.39 is 0 Å². The zero-order valence-corrected chi connectivity index (χ0v) is 11.4. The topological polar surface area (TPSA) is 17.0 Å². The van der Waals surface area contributed by atoms with E-state index in [0.717, 1.165) is 36.8 Å². The minimum absolute atomic E-state index is 0.129. The molecule has 1 aromatic heterocycles. The first-order chi connectivity index (χ1) is 8.66. The summed E-state index contributed by atoms with van der Waals surface area (Å²) < 4.78 is 15.8. The first-order valence-corrected chi connectivity index (χ1v) is 6.60. The highest BCUT2D eigenvalue weighted by Crippen LogP contribution is 2.27. The van der Waals surface area contributed by atoms with Crippen molar-refractivity contribution in [1.29, 1.82) is 0 Å². The van der Waals surface area contributed by atoms with Crippen molar-refractivity contribution in [3.63, 3.8) is 0 Å². The average Bonchev–Trinajstić information content (AvgIpc) is 2.60. The van der Waals surface area contributed by atoms with Gasteiger partial charge in [0.05, 0.1) is 5.52 Å². The van der Waals surface area contributed by atoms with Gasteiger partial charge in [-0.15, -0.1) is 0 Å². The van der Waals surface area contributed by atoms with Gasteiger partial charge in [0.1, 0.15) is 5.82 Å². The van der Waals surface area contributed by atoms with Gasteiger partial charge in [0.15, 0.2) is 0 Å². The van der Waals surface area contributed by atoms with Crippen LogP contribution in [0.1, 0.15) is 24.6 Å². The van der Waals surface area contributed by atoms with Gasteiger partial charge in [-0.05, 0) is 44.5 Å². The molecule has 0 aliphatic carbocycles. The van der Waals surface area contributed by atoms with Gasteiger partial charge >= 0.3 is 0 Å². The minimum atomic E-state index is -0.129. The Hall–Kier alpha value is -1.35. The van der Waals surface area contributed by atoms with Crippen LogP contribution in [0.15, 0.2) is 18.2 Å². The van der Waals surface area contributed by atoms with E-state index in [4.69, 9.17) is 0 Å². The van der Waals surface area contributed by atoms with Gasteiger partial charge in [0.2, 0.25) is 0 Å². The van der Waals surface area contributed by atoms with E-state index in [-0.39, 0.29) is 5.82 Å². The van der Waals surface area contributed by atoms with Gasteiger partial charge in [-0.1, -0.05) is 19.1 Å². The predicted octanol–water partition coefficient (Wildman–Crippen LogP) is 3.17. The van der Waals surface area contributed by atoms with E-state index in [1.807, 2.05) is 17.7 Å². The molecular formula is C15H21FN2. The lowest BCUT2D eigenvalue weighted by Crippen LogP contribution is -2.14. The van der Waals surface area contributed by atoms with E-state index >= 15 is 0 Å². The maximum atomic E-state index is 13.9. The second-order valence-corrected chi connectivity index (χ2v) is 4.72.